The molecule has 0 bridgehead atoms. The van der Waals surface area contributed by atoms with E-state index < -0.39 is 5.60 Å². The molecule has 0 aliphatic carbocycles. The van der Waals surface area contributed by atoms with E-state index in [-0.39, 0.29) is 0 Å². The lowest BCUT2D eigenvalue weighted by atomic mass is 10.1. The molecular formula is C14H25N3O. The molecule has 0 radical (unpaired) electrons. The van der Waals surface area contributed by atoms with Crippen LogP contribution in [0.4, 0.5) is 5.82 Å². The molecule has 0 unspecified atom stereocenters. The van der Waals surface area contributed by atoms with Crippen LogP contribution in [0.2, 0.25) is 0 Å². The largest absolute Gasteiger partial charge is 0.389 e. The number of nitrogens with zero attached hydrogens (tertiary/aromatic N) is 3. The molecular weight excluding hydrogens is 226 g/mol. The third kappa shape index (κ3) is 5.00. The minimum absolute atomic E-state index is 0.552. The highest BCUT2D eigenvalue weighted by atomic mass is 16.3. The lowest BCUT2D eigenvalue weighted by molar-refractivity contribution is 0.0884. The summed E-state index contributed by atoms with van der Waals surface area (Å²) in [5, 5.41) is 9.84. The van der Waals surface area contributed by atoms with Crippen LogP contribution in [0.3, 0.4) is 0 Å². The van der Waals surface area contributed by atoms with Crippen LogP contribution < -0.4 is 4.90 Å². The summed E-state index contributed by atoms with van der Waals surface area (Å²) < 4.78 is 0. The molecule has 0 saturated carbocycles. The Labute approximate surface area is 110 Å². The molecule has 0 amide bonds. The highest BCUT2D eigenvalue weighted by molar-refractivity contribution is 5.39. The highest BCUT2D eigenvalue weighted by Crippen LogP contribution is 2.15. The Bertz CT molecular complexity index is 385. The van der Waals surface area contributed by atoms with Crippen LogP contribution >= 0.6 is 0 Å². The van der Waals surface area contributed by atoms with Crippen molar-refractivity contribution in [1.82, 2.24) is 9.97 Å². The molecule has 0 fully saturated rings. The zero-order chi connectivity index (χ0) is 13.8. The Hall–Kier alpha value is -1.16. The molecule has 4 heteroatoms. The Balaban J connectivity index is 2.84. The number of hydrogen-bond acceptors (Lipinski definition) is 4. The molecule has 0 saturated heterocycles. The van der Waals surface area contributed by atoms with Crippen LogP contribution in [0.15, 0.2) is 6.07 Å². The van der Waals surface area contributed by atoms with Crippen molar-refractivity contribution in [2.75, 3.05) is 18.5 Å². The average molecular weight is 251 g/mol. The molecule has 0 spiro atoms. The number of hydrogen-bond donors (Lipinski definition) is 1. The fraction of sp³-hybridized carbons (Fsp3) is 0.714. The molecule has 1 aromatic heterocycles. The summed E-state index contributed by atoms with van der Waals surface area (Å²) in [6.45, 7) is 8.30. The first-order chi connectivity index (χ1) is 8.31. The number of aryl methyl sites for hydroxylation is 2. The molecule has 1 rings (SSSR count). The van der Waals surface area contributed by atoms with E-state index in [1.807, 2.05) is 24.9 Å². The molecule has 0 aliphatic heterocycles. The van der Waals surface area contributed by atoms with Gasteiger partial charge in [-0.15, -0.1) is 0 Å². The summed E-state index contributed by atoms with van der Waals surface area (Å²) in [7, 11) is 1.95. The van der Waals surface area contributed by atoms with Gasteiger partial charge >= 0.3 is 0 Å². The molecule has 102 valence electrons. The maximum absolute atomic E-state index is 9.84. The van der Waals surface area contributed by atoms with Gasteiger partial charge in [-0.05, 0) is 27.2 Å². The van der Waals surface area contributed by atoms with E-state index in [1.54, 1.807) is 13.8 Å². The predicted molar refractivity (Wildman–Crippen MR) is 74.9 cm³/mol. The van der Waals surface area contributed by atoms with Crippen molar-refractivity contribution in [2.45, 2.75) is 52.6 Å². The van der Waals surface area contributed by atoms with E-state index in [2.05, 4.69) is 16.9 Å². The Morgan fingerprint density at radius 2 is 2.00 bits per heavy atom. The van der Waals surface area contributed by atoms with E-state index in [0.29, 0.717) is 6.54 Å². The van der Waals surface area contributed by atoms with E-state index in [1.165, 1.54) is 0 Å². The number of rotatable bonds is 6. The lowest BCUT2D eigenvalue weighted by Crippen LogP contribution is -2.36. The van der Waals surface area contributed by atoms with Crippen LogP contribution in [0, 0.1) is 6.92 Å². The predicted octanol–water partition coefficient (Wildman–Crippen LogP) is 2.33. The van der Waals surface area contributed by atoms with Crippen LogP contribution in [0.5, 0.6) is 0 Å². The quantitative estimate of drug-likeness (QED) is 0.843. The van der Waals surface area contributed by atoms with Crippen LogP contribution in [-0.2, 0) is 6.42 Å². The summed E-state index contributed by atoms with van der Waals surface area (Å²) in [6.07, 6.45) is 3.17. The van der Waals surface area contributed by atoms with Crippen molar-refractivity contribution in [1.29, 1.82) is 0 Å². The van der Waals surface area contributed by atoms with Gasteiger partial charge in [-0.1, -0.05) is 13.3 Å². The van der Waals surface area contributed by atoms with Crippen LogP contribution in [0.25, 0.3) is 0 Å². The van der Waals surface area contributed by atoms with Gasteiger partial charge in [0, 0.05) is 31.8 Å². The van der Waals surface area contributed by atoms with Crippen molar-refractivity contribution in [3.8, 4) is 0 Å². The number of aliphatic hydroxyl groups is 1. The fourth-order valence-corrected chi connectivity index (χ4v) is 1.92. The first-order valence-corrected chi connectivity index (χ1v) is 6.60. The van der Waals surface area contributed by atoms with Crippen LogP contribution in [0.1, 0.15) is 45.1 Å². The fourth-order valence-electron chi connectivity index (χ4n) is 1.92. The van der Waals surface area contributed by atoms with Gasteiger partial charge in [-0.3, -0.25) is 0 Å². The second-order valence-electron chi connectivity index (χ2n) is 5.56. The monoisotopic (exact) mass is 251 g/mol. The Kier molecular flexibility index (Phi) is 5.08. The number of anilines is 1. The first-order valence-electron chi connectivity index (χ1n) is 6.60. The molecule has 1 heterocycles. The molecule has 0 atom stereocenters. The first kappa shape index (κ1) is 14.9. The zero-order valence-corrected chi connectivity index (χ0v) is 12.2. The van der Waals surface area contributed by atoms with Gasteiger partial charge in [-0.2, -0.15) is 0 Å². The second-order valence-corrected chi connectivity index (χ2v) is 5.56. The normalized spacial score (nSPS) is 11.7. The van der Waals surface area contributed by atoms with Crippen molar-refractivity contribution >= 4 is 5.82 Å². The topological polar surface area (TPSA) is 49.2 Å². The molecule has 1 aromatic rings. The van der Waals surface area contributed by atoms with Gasteiger partial charge < -0.3 is 10.0 Å². The zero-order valence-electron chi connectivity index (χ0n) is 12.2. The van der Waals surface area contributed by atoms with Crippen LogP contribution in [-0.4, -0.2) is 34.3 Å². The molecule has 4 nitrogen and oxygen atoms in total. The third-order valence-corrected chi connectivity index (χ3v) is 2.66. The van der Waals surface area contributed by atoms with Gasteiger partial charge in [0.05, 0.1) is 5.60 Å². The van der Waals surface area contributed by atoms with Gasteiger partial charge in [-0.25, -0.2) is 9.97 Å². The number of likely N-dealkylation sites (N-methyl/N-ethyl adjacent to an activating group) is 1. The summed E-state index contributed by atoms with van der Waals surface area (Å²) in [4.78, 5) is 11.0. The highest BCUT2D eigenvalue weighted by Gasteiger charge is 2.17. The third-order valence-electron chi connectivity index (χ3n) is 2.66. The van der Waals surface area contributed by atoms with Gasteiger partial charge in [0.2, 0.25) is 0 Å². The maximum atomic E-state index is 9.84. The number of aromatic nitrogens is 2. The molecule has 0 aliphatic rings. The van der Waals surface area contributed by atoms with Crippen molar-refractivity contribution < 1.29 is 5.11 Å². The minimum Gasteiger partial charge on any atom is -0.389 e. The van der Waals surface area contributed by atoms with Crippen molar-refractivity contribution in [2.24, 2.45) is 0 Å². The van der Waals surface area contributed by atoms with E-state index >= 15 is 0 Å². The summed E-state index contributed by atoms with van der Waals surface area (Å²) in [5.41, 5.74) is 0.255. The SMILES string of the molecule is CCCCc1nc(C)cc(N(C)CC(C)(C)O)n1. The average Bonchev–Trinajstić information content (AvgIpc) is 2.23. The van der Waals surface area contributed by atoms with Gasteiger partial charge in [0.1, 0.15) is 11.6 Å². The summed E-state index contributed by atoms with van der Waals surface area (Å²) in [6, 6.07) is 1.96. The summed E-state index contributed by atoms with van der Waals surface area (Å²) >= 11 is 0. The number of unbranched alkanes of at least 4 members (excludes halogenated alkanes) is 1. The minimum atomic E-state index is -0.725. The standard InChI is InChI=1S/C14H25N3O/c1-6-7-8-12-15-11(2)9-13(16-12)17(5)10-14(3,4)18/h9,18H,6-8,10H2,1-5H3. The van der Waals surface area contributed by atoms with E-state index in [4.69, 9.17) is 0 Å². The molecule has 0 aromatic carbocycles. The van der Waals surface area contributed by atoms with Gasteiger partial charge in [0.15, 0.2) is 0 Å². The van der Waals surface area contributed by atoms with Gasteiger partial charge in [0.25, 0.3) is 0 Å². The van der Waals surface area contributed by atoms with E-state index in [9.17, 15) is 5.11 Å². The Morgan fingerprint density at radius 1 is 1.33 bits per heavy atom. The maximum Gasteiger partial charge on any atom is 0.132 e. The molecule has 18 heavy (non-hydrogen) atoms. The van der Waals surface area contributed by atoms with Crippen molar-refractivity contribution in [3.63, 3.8) is 0 Å². The second kappa shape index (κ2) is 6.14. The Morgan fingerprint density at radius 3 is 2.56 bits per heavy atom. The van der Waals surface area contributed by atoms with Crippen molar-refractivity contribution in [3.05, 3.63) is 17.6 Å². The molecule has 1 N–H and O–H groups in total. The summed E-state index contributed by atoms with van der Waals surface area (Å²) in [5.74, 6) is 1.78. The van der Waals surface area contributed by atoms with E-state index in [0.717, 1.165) is 36.6 Å². The smallest absolute Gasteiger partial charge is 0.132 e. The lowest BCUT2D eigenvalue weighted by Gasteiger charge is -2.26.